The average molecular weight is 555 g/mol. The minimum Gasteiger partial charge on any atom is -0.0736 e. The van der Waals surface area contributed by atoms with E-state index in [1.807, 2.05) is 0 Å². The van der Waals surface area contributed by atoms with E-state index >= 15 is 0 Å². The fourth-order valence-electron chi connectivity index (χ4n) is 8.43. The molecule has 0 radical (unpaired) electrons. The number of allylic oxidation sites excluding steroid dienone is 4. The Hall–Kier alpha value is -0.520. The van der Waals surface area contributed by atoms with Gasteiger partial charge < -0.3 is 0 Å². The third-order valence-corrected chi connectivity index (χ3v) is 11.6. The molecule has 0 bridgehead atoms. The van der Waals surface area contributed by atoms with Crippen molar-refractivity contribution in [1.82, 2.24) is 0 Å². The molecule has 0 saturated heterocycles. The molecule has 0 aromatic rings. The van der Waals surface area contributed by atoms with Gasteiger partial charge in [-0.2, -0.15) is 0 Å². The fraction of sp³-hybridized carbons (Fsp3) is 0.900. The van der Waals surface area contributed by atoms with Crippen molar-refractivity contribution in [2.75, 3.05) is 0 Å². The topological polar surface area (TPSA) is 0 Å². The van der Waals surface area contributed by atoms with Gasteiger partial charge in [-0.15, -0.1) is 0 Å². The van der Waals surface area contributed by atoms with Gasteiger partial charge in [-0.25, -0.2) is 0 Å². The highest BCUT2D eigenvalue weighted by molar-refractivity contribution is 5.23. The van der Waals surface area contributed by atoms with Gasteiger partial charge in [0.1, 0.15) is 0 Å². The second-order valence-electron chi connectivity index (χ2n) is 16.6. The van der Waals surface area contributed by atoms with Gasteiger partial charge in [0.25, 0.3) is 0 Å². The Bertz CT molecular complexity index is 708. The third kappa shape index (κ3) is 12.8. The molecule has 0 nitrogen and oxygen atoms in total. The minimum atomic E-state index is 0.454. The van der Waals surface area contributed by atoms with E-state index < -0.39 is 0 Å². The van der Waals surface area contributed by atoms with Crippen LogP contribution in [-0.2, 0) is 0 Å². The van der Waals surface area contributed by atoms with Crippen LogP contribution in [0.2, 0.25) is 0 Å². The van der Waals surface area contributed by atoms with Crippen LogP contribution in [0.5, 0.6) is 0 Å². The predicted molar refractivity (Wildman–Crippen MR) is 182 cm³/mol. The Morgan fingerprint density at radius 2 is 0.775 bits per heavy atom. The van der Waals surface area contributed by atoms with Crippen molar-refractivity contribution in [3.8, 4) is 0 Å². The molecule has 0 heteroatoms. The summed E-state index contributed by atoms with van der Waals surface area (Å²) in [5.74, 6) is 3.60. The van der Waals surface area contributed by atoms with Gasteiger partial charge in [-0.1, -0.05) is 142 Å². The quantitative estimate of drug-likeness (QED) is 0.110. The van der Waals surface area contributed by atoms with Crippen molar-refractivity contribution < 1.29 is 0 Å². The first kappa shape index (κ1) is 35.7. The van der Waals surface area contributed by atoms with Crippen LogP contribution in [0.25, 0.3) is 0 Å². The molecule has 4 atom stereocenters. The molecule has 2 aliphatic carbocycles. The van der Waals surface area contributed by atoms with Crippen LogP contribution in [0.3, 0.4) is 0 Å². The lowest BCUT2D eigenvalue weighted by Crippen LogP contribution is -2.20. The lowest BCUT2D eigenvalue weighted by Gasteiger charge is -2.35. The van der Waals surface area contributed by atoms with Crippen molar-refractivity contribution >= 4 is 0 Å². The summed E-state index contributed by atoms with van der Waals surface area (Å²) in [5, 5.41) is 0. The fourth-order valence-corrected chi connectivity index (χ4v) is 8.43. The lowest BCUT2D eigenvalue weighted by atomic mass is 9.70. The van der Waals surface area contributed by atoms with Gasteiger partial charge in [0.15, 0.2) is 0 Å². The summed E-state index contributed by atoms with van der Waals surface area (Å²) in [6.45, 7) is 24.8. The number of unbranched alkanes of at least 4 members (excludes halogenated alkanes) is 1. The lowest BCUT2D eigenvalue weighted by molar-refractivity contribution is 0.336. The highest BCUT2D eigenvalue weighted by Crippen LogP contribution is 2.44. The van der Waals surface area contributed by atoms with Gasteiger partial charge in [-0.05, 0) is 113 Å². The molecule has 0 saturated carbocycles. The average Bonchev–Trinajstić information content (AvgIpc) is 2.85. The van der Waals surface area contributed by atoms with Crippen LogP contribution in [0, 0.1) is 34.5 Å². The molecular weight excluding hydrogens is 480 g/mol. The van der Waals surface area contributed by atoms with E-state index in [0.29, 0.717) is 10.8 Å². The Kier molecular flexibility index (Phi) is 15.7. The third-order valence-electron chi connectivity index (χ3n) is 11.6. The zero-order valence-electron chi connectivity index (χ0n) is 29.5. The maximum Gasteiger partial charge on any atom is -0.0142 e. The summed E-state index contributed by atoms with van der Waals surface area (Å²) in [6, 6.07) is 0. The normalized spacial score (nSPS) is 22.4. The summed E-state index contributed by atoms with van der Waals surface area (Å²) in [5.41, 5.74) is 7.93. The molecular formula is C40H74. The first-order chi connectivity index (χ1) is 18.8. The predicted octanol–water partition coefficient (Wildman–Crippen LogP) is 14.0. The molecule has 0 aromatic heterocycles. The molecule has 2 unspecified atom stereocenters. The second-order valence-corrected chi connectivity index (χ2v) is 16.6. The first-order valence-corrected chi connectivity index (χ1v) is 18.2. The maximum absolute atomic E-state index is 2.51. The maximum atomic E-state index is 2.51. The van der Waals surface area contributed by atoms with Gasteiger partial charge in [0.05, 0.1) is 0 Å². The molecule has 0 aromatic carbocycles. The van der Waals surface area contributed by atoms with Gasteiger partial charge in [0, 0.05) is 0 Å². The van der Waals surface area contributed by atoms with E-state index in [1.54, 1.807) is 22.3 Å². The number of hydrogen-bond acceptors (Lipinski definition) is 0. The van der Waals surface area contributed by atoms with E-state index in [1.165, 1.54) is 128 Å². The second kappa shape index (κ2) is 17.6. The zero-order chi connectivity index (χ0) is 29.8. The largest absolute Gasteiger partial charge is 0.0736 e. The van der Waals surface area contributed by atoms with Crippen molar-refractivity contribution in [2.45, 2.75) is 198 Å². The van der Waals surface area contributed by atoms with Crippen molar-refractivity contribution in [2.24, 2.45) is 34.5 Å². The Balaban J connectivity index is 1.48. The molecule has 0 heterocycles. The molecule has 2 rings (SSSR count). The molecule has 40 heavy (non-hydrogen) atoms. The number of hydrogen-bond donors (Lipinski definition) is 0. The summed E-state index contributed by atoms with van der Waals surface area (Å²) in [7, 11) is 0. The van der Waals surface area contributed by atoms with Crippen molar-refractivity contribution in [1.29, 1.82) is 0 Å². The van der Waals surface area contributed by atoms with Gasteiger partial charge in [0.2, 0.25) is 0 Å². The molecule has 2 aliphatic rings. The highest BCUT2D eigenvalue weighted by atomic mass is 14.3. The van der Waals surface area contributed by atoms with Gasteiger partial charge in [-0.3, -0.25) is 0 Å². The summed E-state index contributed by atoms with van der Waals surface area (Å²) in [6.07, 6.45) is 28.2. The van der Waals surface area contributed by atoms with Crippen molar-refractivity contribution in [3.05, 3.63) is 22.3 Å². The summed E-state index contributed by atoms with van der Waals surface area (Å²) >= 11 is 0. The number of rotatable bonds is 19. The molecule has 0 fully saturated rings. The van der Waals surface area contributed by atoms with Crippen LogP contribution in [0.1, 0.15) is 198 Å². The summed E-state index contributed by atoms with van der Waals surface area (Å²) < 4.78 is 0. The van der Waals surface area contributed by atoms with E-state index in [-0.39, 0.29) is 0 Å². The zero-order valence-corrected chi connectivity index (χ0v) is 29.5. The van der Waals surface area contributed by atoms with E-state index in [9.17, 15) is 0 Å². The van der Waals surface area contributed by atoms with Crippen LogP contribution in [0.4, 0.5) is 0 Å². The van der Waals surface area contributed by atoms with Crippen LogP contribution >= 0.6 is 0 Å². The Labute approximate surface area is 254 Å². The van der Waals surface area contributed by atoms with Crippen molar-refractivity contribution in [3.63, 3.8) is 0 Å². The van der Waals surface area contributed by atoms with Crippen LogP contribution < -0.4 is 0 Å². The monoisotopic (exact) mass is 555 g/mol. The highest BCUT2D eigenvalue weighted by Gasteiger charge is 2.29. The molecule has 0 N–H and O–H groups in total. The van der Waals surface area contributed by atoms with E-state index in [4.69, 9.17) is 0 Å². The standard InChI is InChI=1S/C40H74/c1-31(19-13-21-33(3)25-27-37-35(5)23-15-29-39(37,7)8)17-11-12-18-32(2)20-14-22-34(4)26-28-38-36(6)24-16-30-40(38,9)10/h31-34H,11-30H2,1-10H3/t31-,32?,33-,34?/m0/s1. The van der Waals surface area contributed by atoms with Gasteiger partial charge >= 0.3 is 0 Å². The van der Waals surface area contributed by atoms with Crippen LogP contribution in [-0.4, -0.2) is 0 Å². The molecule has 0 spiro atoms. The summed E-state index contributed by atoms with van der Waals surface area (Å²) in [4.78, 5) is 0. The Morgan fingerprint density at radius 1 is 0.475 bits per heavy atom. The van der Waals surface area contributed by atoms with Crippen LogP contribution in [0.15, 0.2) is 22.3 Å². The molecule has 234 valence electrons. The first-order valence-electron chi connectivity index (χ1n) is 18.2. The minimum absolute atomic E-state index is 0.454. The molecule has 0 amide bonds. The SMILES string of the molecule is CC1=C(CCC(C)CCCC(C)CCCC[C@H](C)CCC[C@H](C)CCC2=C(C)CCCC2(C)C)C(C)(C)CCC1. The molecule has 0 aliphatic heterocycles. The van der Waals surface area contributed by atoms with E-state index in [0.717, 1.165) is 23.7 Å². The Morgan fingerprint density at radius 3 is 1.10 bits per heavy atom. The smallest absolute Gasteiger partial charge is 0.0142 e. The van der Waals surface area contributed by atoms with E-state index in [2.05, 4.69) is 69.2 Å².